The van der Waals surface area contributed by atoms with Gasteiger partial charge in [-0.1, -0.05) is 6.08 Å². The van der Waals surface area contributed by atoms with Crippen LogP contribution in [0, 0.1) is 0 Å². The highest BCUT2D eigenvalue weighted by molar-refractivity contribution is 5.80. The fraction of sp³-hybridized carbons (Fsp3) is 0.571. The highest BCUT2D eigenvalue weighted by Crippen LogP contribution is 2.15. The Labute approximate surface area is 60.5 Å². The zero-order valence-electron chi connectivity index (χ0n) is 5.92. The van der Waals surface area contributed by atoms with E-state index in [0.717, 1.165) is 19.5 Å². The van der Waals surface area contributed by atoms with Gasteiger partial charge in [0.05, 0.1) is 6.04 Å². The van der Waals surface area contributed by atoms with E-state index in [0.29, 0.717) is 0 Å². The fourth-order valence-corrected chi connectivity index (χ4v) is 1.15. The first-order chi connectivity index (χ1) is 4.75. The van der Waals surface area contributed by atoms with E-state index in [1.807, 2.05) is 4.90 Å². The number of nitrogens with zero attached hydrogens (tertiary/aromatic N) is 1. The van der Waals surface area contributed by atoms with Gasteiger partial charge in [0.1, 0.15) is 0 Å². The summed E-state index contributed by atoms with van der Waals surface area (Å²) in [6.45, 7) is 5.33. The highest BCUT2D eigenvalue weighted by atomic mass is 16.1. The van der Waals surface area contributed by atoms with Gasteiger partial charge >= 0.3 is 0 Å². The van der Waals surface area contributed by atoms with E-state index in [2.05, 4.69) is 6.58 Å². The van der Waals surface area contributed by atoms with E-state index in [1.54, 1.807) is 6.08 Å². The van der Waals surface area contributed by atoms with Crippen molar-refractivity contribution < 1.29 is 4.79 Å². The minimum atomic E-state index is -0.215. The van der Waals surface area contributed by atoms with Crippen LogP contribution in [0.2, 0.25) is 0 Å². The molecule has 1 atom stereocenters. The molecule has 0 spiro atoms. The van der Waals surface area contributed by atoms with Gasteiger partial charge in [-0.05, 0) is 6.42 Å². The van der Waals surface area contributed by atoms with Crippen LogP contribution in [0.25, 0.3) is 0 Å². The Balaban J connectivity index is 2.35. The summed E-state index contributed by atoms with van der Waals surface area (Å²) in [6, 6.07) is -0.0296. The topological polar surface area (TPSA) is 46.3 Å². The summed E-state index contributed by atoms with van der Waals surface area (Å²) < 4.78 is 0. The third kappa shape index (κ3) is 1.19. The summed E-state index contributed by atoms with van der Waals surface area (Å²) >= 11 is 0. The molecular formula is C7H12N2O. The van der Waals surface area contributed by atoms with Crippen LogP contribution in [0.15, 0.2) is 12.7 Å². The molecule has 1 rings (SSSR count). The van der Waals surface area contributed by atoms with Gasteiger partial charge in [-0.3, -0.25) is 9.69 Å². The van der Waals surface area contributed by atoms with E-state index in [-0.39, 0.29) is 11.9 Å². The molecule has 1 unspecified atom stereocenters. The molecule has 0 aromatic heterocycles. The normalized spacial score (nSPS) is 25.4. The smallest absolute Gasteiger partial charge is 0.234 e. The Morgan fingerprint density at radius 3 is 2.90 bits per heavy atom. The minimum absolute atomic E-state index is 0.0296. The lowest BCUT2D eigenvalue weighted by Gasteiger charge is -2.37. The second-order valence-electron chi connectivity index (χ2n) is 2.49. The summed E-state index contributed by atoms with van der Waals surface area (Å²) in [5.74, 6) is -0.215. The van der Waals surface area contributed by atoms with E-state index in [9.17, 15) is 4.79 Å². The molecule has 56 valence electrons. The first-order valence-corrected chi connectivity index (χ1v) is 3.40. The van der Waals surface area contributed by atoms with Gasteiger partial charge in [-0.2, -0.15) is 0 Å². The minimum Gasteiger partial charge on any atom is -0.368 e. The van der Waals surface area contributed by atoms with Crippen LogP contribution in [-0.2, 0) is 4.79 Å². The van der Waals surface area contributed by atoms with Crippen molar-refractivity contribution in [3.05, 3.63) is 12.7 Å². The van der Waals surface area contributed by atoms with Crippen molar-refractivity contribution in [1.29, 1.82) is 0 Å². The maximum atomic E-state index is 10.6. The van der Waals surface area contributed by atoms with Crippen LogP contribution in [0.3, 0.4) is 0 Å². The molecule has 10 heavy (non-hydrogen) atoms. The van der Waals surface area contributed by atoms with Crippen LogP contribution in [-0.4, -0.2) is 29.9 Å². The summed E-state index contributed by atoms with van der Waals surface area (Å²) in [6.07, 6.45) is 2.69. The van der Waals surface area contributed by atoms with Gasteiger partial charge in [0, 0.05) is 13.1 Å². The number of nitrogens with two attached hydrogens (primary N) is 1. The van der Waals surface area contributed by atoms with Gasteiger partial charge in [0.25, 0.3) is 0 Å². The maximum absolute atomic E-state index is 10.6. The molecule has 1 aliphatic heterocycles. The average molecular weight is 140 g/mol. The van der Waals surface area contributed by atoms with Crippen molar-refractivity contribution in [3.63, 3.8) is 0 Å². The molecule has 2 N–H and O–H groups in total. The lowest BCUT2D eigenvalue weighted by atomic mass is 10.0. The Morgan fingerprint density at radius 2 is 2.60 bits per heavy atom. The van der Waals surface area contributed by atoms with Crippen molar-refractivity contribution in [3.8, 4) is 0 Å². The Bertz CT molecular complexity index is 156. The summed E-state index contributed by atoms with van der Waals surface area (Å²) in [5, 5.41) is 0. The quantitative estimate of drug-likeness (QED) is 0.549. The molecule has 1 aliphatic rings. The molecule has 0 bridgehead atoms. The van der Waals surface area contributed by atoms with Crippen LogP contribution < -0.4 is 5.73 Å². The average Bonchev–Trinajstić information content (AvgIpc) is 1.78. The first kappa shape index (κ1) is 7.28. The number of carbonyl (C=O) groups is 1. The standard InChI is InChI=1S/C7H12N2O/c1-2-4-9-5-3-6(9)7(8)10/h2,6H,1,3-5H2,(H2,8,10). The predicted molar refractivity (Wildman–Crippen MR) is 39.4 cm³/mol. The number of rotatable bonds is 3. The third-order valence-corrected chi connectivity index (χ3v) is 1.82. The van der Waals surface area contributed by atoms with Crippen LogP contribution in [0.4, 0.5) is 0 Å². The lowest BCUT2D eigenvalue weighted by Crippen LogP contribution is -2.54. The van der Waals surface area contributed by atoms with Gasteiger partial charge < -0.3 is 5.73 Å². The molecular weight excluding hydrogens is 128 g/mol. The Hall–Kier alpha value is -0.830. The van der Waals surface area contributed by atoms with Crippen LogP contribution >= 0.6 is 0 Å². The van der Waals surface area contributed by atoms with Gasteiger partial charge in [0.2, 0.25) is 5.91 Å². The van der Waals surface area contributed by atoms with Crippen molar-refractivity contribution >= 4 is 5.91 Å². The molecule has 1 fully saturated rings. The molecule has 3 heteroatoms. The molecule has 1 heterocycles. The summed E-state index contributed by atoms with van der Waals surface area (Å²) in [5.41, 5.74) is 5.10. The predicted octanol–water partition coefficient (Wildman–Crippen LogP) is -0.268. The van der Waals surface area contributed by atoms with Crippen LogP contribution in [0.5, 0.6) is 0 Å². The van der Waals surface area contributed by atoms with Crippen LogP contribution in [0.1, 0.15) is 6.42 Å². The number of primary amides is 1. The molecule has 0 aromatic carbocycles. The number of hydrogen-bond acceptors (Lipinski definition) is 2. The fourth-order valence-electron chi connectivity index (χ4n) is 1.15. The zero-order chi connectivity index (χ0) is 7.56. The van der Waals surface area contributed by atoms with Gasteiger partial charge in [-0.15, -0.1) is 6.58 Å². The van der Waals surface area contributed by atoms with Crippen molar-refractivity contribution in [2.75, 3.05) is 13.1 Å². The maximum Gasteiger partial charge on any atom is 0.234 e. The second kappa shape index (κ2) is 2.84. The SMILES string of the molecule is C=CCN1CCC1C(N)=O. The molecule has 0 aromatic rings. The second-order valence-corrected chi connectivity index (χ2v) is 2.49. The number of likely N-dealkylation sites (tertiary alicyclic amines) is 1. The highest BCUT2D eigenvalue weighted by Gasteiger charge is 2.30. The molecule has 0 radical (unpaired) electrons. The van der Waals surface area contributed by atoms with Crippen molar-refractivity contribution in [1.82, 2.24) is 4.90 Å². The number of hydrogen-bond donors (Lipinski definition) is 1. The van der Waals surface area contributed by atoms with E-state index in [1.165, 1.54) is 0 Å². The Kier molecular flexibility index (Phi) is 2.06. The molecule has 1 amide bonds. The van der Waals surface area contributed by atoms with E-state index in [4.69, 9.17) is 5.73 Å². The Morgan fingerprint density at radius 1 is 1.90 bits per heavy atom. The van der Waals surface area contributed by atoms with E-state index >= 15 is 0 Å². The molecule has 1 saturated heterocycles. The molecule has 0 aliphatic carbocycles. The van der Waals surface area contributed by atoms with E-state index < -0.39 is 0 Å². The number of amides is 1. The lowest BCUT2D eigenvalue weighted by molar-refractivity contribution is -0.127. The summed E-state index contributed by atoms with van der Waals surface area (Å²) in [4.78, 5) is 12.6. The molecule has 3 nitrogen and oxygen atoms in total. The third-order valence-electron chi connectivity index (χ3n) is 1.82. The summed E-state index contributed by atoms with van der Waals surface area (Å²) in [7, 11) is 0. The molecule has 0 saturated carbocycles. The van der Waals surface area contributed by atoms with Gasteiger partial charge in [0.15, 0.2) is 0 Å². The largest absolute Gasteiger partial charge is 0.368 e. The monoisotopic (exact) mass is 140 g/mol. The first-order valence-electron chi connectivity index (χ1n) is 3.40. The number of carbonyl (C=O) groups excluding carboxylic acids is 1. The zero-order valence-corrected chi connectivity index (χ0v) is 5.92. The van der Waals surface area contributed by atoms with Gasteiger partial charge in [-0.25, -0.2) is 0 Å². The van der Waals surface area contributed by atoms with Crippen molar-refractivity contribution in [2.45, 2.75) is 12.5 Å². The van der Waals surface area contributed by atoms with Crippen molar-refractivity contribution in [2.24, 2.45) is 5.73 Å².